The summed E-state index contributed by atoms with van der Waals surface area (Å²) in [5, 5.41) is 0. The highest BCUT2D eigenvalue weighted by Gasteiger charge is 2.24. The summed E-state index contributed by atoms with van der Waals surface area (Å²) >= 11 is 1.39. The molecule has 1 aromatic carbocycles. The number of nitrogens with one attached hydrogen (secondary N) is 2. The Morgan fingerprint density at radius 3 is 2.63 bits per heavy atom. The van der Waals surface area contributed by atoms with Gasteiger partial charge in [-0.05, 0) is 49.4 Å². The van der Waals surface area contributed by atoms with Crippen LogP contribution in [0.25, 0.3) is 0 Å². The summed E-state index contributed by atoms with van der Waals surface area (Å²) in [7, 11) is -2.97. The Labute approximate surface area is 161 Å². The lowest BCUT2D eigenvalue weighted by atomic mass is 10.1. The molecule has 1 amide bonds. The second-order valence-electron chi connectivity index (χ2n) is 6.17. The molecule has 0 unspecified atom stereocenters. The molecule has 1 heterocycles. The Morgan fingerprint density at radius 1 is 1.11 bits per heavy atom. The maximum absolute atomic E-state index is 12.5. The maximum atomic E-state index is 12.5. The number of ether oxygens (including phenoxy) is 1. The first-order chi connectivity index (χ1) is 12.9. The highest BCUT2D eigenvalue weighted by molar-refractivity contribution is 7.89. The van der Waals surface area contributed by atoms with Crippen LogP contribution in [0.4, 0.5) is 0 Å². The summed E-state index contributed by atoms with van der Waals surface area (Å²) < 4.78 is 29.6. The van der Waals surface area contributed by atoms with Crippen molar-refractivity contribution in [2.24, 2.45) is 0 Å². The monoisotopic (exact) mass is 408 g/mol. The third kappa shape index (κ3) is 4.37. The van der Waals surface area contributed by atoms with Crippen molar-refractivity contribution < 1.29 is 22.7 Å². The Bertz CT molecular complexity index is 942. The Balaban J connectivity index is 1.74. The summed E-state index contributed by atoms with van der Waals surface area (Å²) in [4.78, 5) is 27.6. The fourth-order valence-corrected chi connectivity index (χ4v) is 5.17. The summed E-state index contributed by atoms with van der Waals surface area (Å²) in [5.41, 5.74) is 3.29. The number of hydrazine groups is 1. The van der Waals surface area contributed by atoms with Crippen molar-refractivity contribution in [1.82, 2.24) is 10.3 Å². The SMILES string of the molecule is COC(=O)c1ccccc1S(=O)(=O)NNC(=O)c1cc2c(s1)CCCCC2. The highest BCUT2D eigenvalue weighted by Crippen LogP contribution is 2.28. The number of thiophene rings is 1. The van der Waals surface area contributed by atoms with Crippen LogP contribution in [0.2, 0.25) is 0 Å². The van der Waals surface area contributed by atoms with Gasteiger partial charge in [-0.1, -0.05) is 18.6 Å². The number of sulfonamides is 1. The van der Waals surface area contributed by atoms with Gasteiger partial charge in [0.1, 0.15) is 0 Å². The number of carbonyl (C=O) groups is 2. The minimum atomic E-state index is -4.14. The molecule has 0 spiro atoms. The van der Waals surface area contributed by atoms with E-state index in [1.165, 1.54) is 59.6 Å². The third-order valence-corrected chi connectivity index (χ3v) is 6.89. The molecule has 1 aliphatic rings. The average molecular weight is 409 g/mol. The van der Waals surface area contributed by atoms with E-state index in [4.69, 9.17) is 0 Å². The molecule has 0 radical (unpaired) electrons. The fourth-order valence-electron chi connectivity index (χ4n) is 2.99. The molecule has 0 atom stereocenters. The molecule has 3 rings (SSSR count). The first-order valence-corrected chi connectivity index (χ1v) is 10.8. The second-order valence-corrected chi connectivity index (χ2v) is 8.95. The van der Waals surface area contributed by atoms with Crippen LogP contribution in [0.15, 0.2) is 35.2 Å². The zero-order valence-electron chi connectivity index (χ0n) is 14.8. The van der Waals surface area contributed by atoms with E-state index >= 15 is 0 Å². The van der Waals surface area contributed by atoms with Crippen molar-refractivity contribution >= 4 is 33.2 Å². The number of amides is 1. The minimum absolute atomic E-state index is 0.107. The van der Waals surface area contributed by atoms with E-state index in [0.29, 0.717) is 4.88 Å². The van der Waals surface area contributed by atoms with Crippen molar-refractivity contribution in [3.05, 3.63) is 51.2 Å². The van der Waals surface area contributed by atoms with Crippen molar-refractivity contribution in [1.29, 1.82) is 0 Å². The summed E-state index contributed by atoms with van der Waals surface area (Å²) in [6, 6.07) is 7.46. The van der Waals surface area contributed by atoms with Crippen LogP contribution in [-0.2, 0) is 27.6 Å². The molecule has 2 N–H and O–H groups in total. The van der Waals surface area contributed by atoms with Gasteiger partial charge in [-0.25, -0.2) is 13.2 Å². The zero-order chi connectivity index (χ0) is 19.4. The number of carbonyl (C=O) groups excluding carboxylic acids is 2. The van der Waals surface area contributed by atoms with E-state index in [0.717, 1.165) is 25.7 Å². The van der Waals surface area contributed by atoms with Crippen LogP contribution < -0.4 is 10.3 Å². The van der Waals surface area contributed by atoms with E-state index in [1.807, 2.05) is 6.07 Å². The average Bonchev–Trinajstić information content (AvgIpc) is 2.96. The second kappa shape index (κ2) is 8.20. The summed E-state index contributed by atoms with van der Waals surface area (Å²) in [5.74, 6) is -1.29. The predicted molar refractivity (Wildman–Crippen MR) is 101 cm³/mol. The molecule has 2 aromatic rings. The lowest BCUT2D eigenvalue weighted by Gasteiger charge is -2.10. The van der Waals surface area contributed by atoms with Gasteiger partial charge in [0, 0.05) is 4.88 Å². The van der Waals surface area contributed by atoms with E-state index in [2.05, 4.69) is 15.0 Å². The number of aryl methyl sites for hydroxylation is 2. The molecule has 0 aliphatic heterocycles. The van der Waals surface area contributed by atoms with Crippen LogP contribution in [0.3, 0.4) is 0 Å². The number of esters is 1. The molecule has 7 nitrogen and oxygen atoms in total. The van der Waals surface area contributed by atoms with E-state index < -0.39 is 21.9 Å². The normalized spacial score (nSPS) is 14.1. The molecule has 9 heteroatoms. The smallest absolute Gasteiger partial charge is 0.339 e. The first-order valence-electron chi connectivity index (χ1n) is 8.53. The minimum Gasteiger partial charge on any atom is -0.465 e. The van der Waals surface area contributed by atoms with Gasteiger partial charge in [0.15, 0.2) is 0 Å². The van der Waals surface area contributed by atoms with Gasteiger partial charge in [-0.15, -0.1) is 16.2 Å². The molecular formula is C18H20N2O5S2. The van der Waals surface area contributed by atoms with E-state index in [1.54, 1.807) is 0 Å². The molecule has 0 bridgehead atoms. The summed E-state index contributed by atoms with van der Waals surface area (Å²) in [6.07, 6.45) is 5.28. The first kappa shape index (κ1) is 19.5. The lowest BCUT2D eigenvalue weighted by molar-refractivity contribution is 0.0596. The van der Waals surface area contributed by atoms with Crippen molar-refractivity contribution in [3.63, 3.8) is 0 Å². The number of benzene rings is 1. The van der Waals surface area contributed by atoms with Crippen molar-refractivity contribution in [2.45, 2.75) is 37.0 Å². The maximum Gasteiger partial charge on any atom is 0.339 e. The zero-order valence-corrected chi connectivity index (χ0v) is 16.4. The predicted octanol–water partition coefficient (Wildman–Crippen LogP) is 2.43. The Morgan fingerprint density at radius 2 is 1.85 bits per heavy atom. The standard InChI is InChI=1S/C18H20N2O5S2/c1-25-18(22)13-8-5-6-10-16(13)27(23,24)20-19-17(21)15-11-12-7-3-2-4-9-14(12)26-15/h5-6,8,10-11,20H,2-4,7,9H2,1H3,(H,19,21). The topological polar surface area (TPSA) is 102 Å². The van der Waals surface area contributed by atoms with Gasteiger partial charge in [-0.3, -0.25) is 10.2 Å². The van der Waals surface area contributed by atoms with Crippen LogP contribution in [-0.4, -0.2) is 27.4 Å². The third-order valence-electron chi connectivity index (χ3n) is 4.35. The number of methoxy groups -OCH3 is 1. The number of hydrogen-bond donors (Lipinski definition) is 2. The molecule has 0 saturated heterocycles. The van der Waals surface area contributed by atoms with E-state index in [-0.39, 0.29) is 10.5 Å². The van der Waals surface area contributed by atoms with Crippen LogP contribution in [0.5, 0.6) is 0 Å². The fraction of sp³-hybridized carbons (Fsp3) is 0.333. The van der Waals surface area contributed by atoms with Crippen LogP contribution >= 0.6 is 11.3 Å². The number of hydrogen-bond acceptors (Lipinski definition) is 6. The van der Waals surface area contributed by atoms with Crippen LogP contribution in [0, 0.1) is 0 Å². The molecule has 0 fully saturated rings. The van der Waals surface area contributed by atoms with Gasteiger partial charge in [0.05, 0.1) is 22.4 Å². The van der Waals surface area contributed by atoms with Crippen molar-refractivity contribution in [2.75, 3.05) is 7.11 Å². The molecule has 1 aromatic heterocycles. The molecule has 27 heavy (non-hydrogen) atoms. The van der Waals surface area contributed by atoms with Crippen LogP contribution in [0.1, 0.15) is 49.7 Å². The number of rotatable bonds is 5. The molecule has 0 saturated carbocycles. The number of fused-ring (bicyclic) bond motifs is 1. The van der Waals surface area contributed by atoms with Gasteiger partial charge in [-0.2, -0.15) is 0 Å². The Hall–Kier alpha value is -2.23. The largest absolute Gasteiger partial charge is 0.465 e. The highest BCUT2D eigenvalue weighted by atomic mass is 32.2. The van der Waals surface area contributed by atoms with Gasteiger partial charge in [0.25, 0.3) is 15.9 Å². The summed E-state index contributed by atoms with van der Waals surface area (Å²) in [6.45, 7) is 0. The van der Waals surface area contributed by atoms with Gasteiger partial charge in [0.2, 0.25) is 0 Å². The molecular weight excluding hydrogens is 388 g/mol. The van der Waals surface area contributed by atoms with E-state index in [9.17, 15) is 18.0 Å². The quantitative estimate of drug-likeness (QED) is 0.449. The lowest BCUT2D eigenvalue weighted by Crippen LogP contribution is -2.41. The Kier molecular flexibility index (Phi) is 5.93. The van der Waals surface area contributed by atoms with Crippen molar-refractivity contribution in [3.8, 4) is 0 Å². The van der Waals surface area contributed by atoms with Gasteiger partial charge < -0.3 is 4.74 Å². The molecule has 1 aliphatic carbocycles. The molecule has 144 valence electrons. The van der Waals surface area contributed by atoms with Gasteiger partial charge >= 0.3 is 5.97 Å².